The van der Waals surface area contributed by atoms with Crippen LogP contribution in [-0.4, -0.2) is 34.2 Å². The van der Waals surface area contributed by atoms with Crippen molar-refractivity contribution in [2.24, 2.45) is 4.99 Å². The van der Waals surface area contributed by atoms with Crippen molar-refractivity contribution in [1.82, 2.24) is 4.90 Å². The molecule has 1 heterocycles. The van der Waals surface area contributed by atoms with E-state index >= 15 is 0 Å². The van der Waals surface area contributed by atoms with Crippen molar-refractivity contribution in [1.29, 1.82) is 0 Å². The van der Waals surface area contributed by atoms with Gasteiger partial charge in [-0.05, 0) is 94.3 Å². The fraction of sp³-hybridized carbons (Fsp3) is 0.0833. The molecule has 7 nitrogen and oxygen atoms in total. The van der Waals surface area contributed by atoms with E-state index in [0.29, 0.717) is 33.9 Å². The maximum atomic E-state index is 14.0. The molecule has 1 aliphatic heterocycles. The summed E-state index contributed by atoms with van der Waals surface area (Å²) in [5.41, 5.74) is 3.45. The van der Waals surface area contributed by atoms with Crippen molar-refractivity contribution in [3.63, 3.8) is 0 Å². The molecule has 224 valence electrons. The number of amides is 1. The number of carboxylic acids is 1. The average Bonchev–Trinajstić information content (AvgIpc) is 3.34. The highest BCUT2D eigenvalue weighted by atomic mass is 79.9. The number of fused-ring (bicyclic) bond motifs is 1. The van der Waals surface area contributed by atoms with Crippen LogP contribution in [0.25, 0.3) is 16.8 Å². The number of carbonyl (C=O) groups excluding carboxylic acids is 1. The third-order valence-electron chi connectivity index (χ3n) is 7.24. The number of ether oxygens (including phenoxy) is 2. The molecule has 5 aromatic rings. The molecule has 45 heavy (non-hydrogen) atoms. The van der Waals surface area contributed by atoms with Gasteiger partial charge < -0.3 is 14.6 Å². The van der Waals surface area contributed by atoms with Crippen LogP contribution in [0, 0.1) is 0 Å². The van der Waals surface area contributed by atoms with E-state index in [9.17, 15) is 14.7 Å². The summed E-state index contributed by atoms with van der Waals surface area (Å²) in [6.45, 7) is 0.589. The minimum absolute atomic E-state index is 0.181. The van der Waals surface area contributed by atoms with Crippen molar-refractivity contribution in [2.45, 2.75) is 13.2 Å². The molecule has 1 amide bonds. The van der Waals surface area contributed by atoms with Gasteiger partial charge >= 0.3 is 5.97 Å². The summed E-state index contributed by atoms with van der Waals surface area (Å²) in [5, 5.41) is 11.8. The zero-order valence-corrected chi connectivity index (χ0v) is 26.5. The Kier molecular flexibility index (Phi) is 9.00. The molecule has 1 aliphatic rings. The maximum absolute atomic E-state index is 14.0. The highest BCUT2D eigenvalue weighted by Gasteiger charge is 2.34. The lowest BCUT2D eigenvalue weighted by Gasteiger charge is -2.16. The number of nitrogens with zero attached hydrogens (tertiary/aromatic N) is 2. The molecule has 0 radical (unpaired) electrons. The number of hydrogen-bond acceptors (Lipinski definition) is 6. The lowest BCUT2D eigenvalue weighted by Crippen LogP contribution is -2.28. The van der Waals surface area contributed by atoms with E-state index in [4.69, 9.17) is 14.5 Å². The van der Waals surface area contributed by atoms with Crippen LogP contribution in [0.3, 0.4) is 0 Å². The van der Waals surface area contributed by atoms with Crippen molar-refractivity contribution >= 4 is 67.3 Å². The molecule has 5 aromatic carbocycles. The van der Waals surface area contributed by atoms with E-state index in [2.05, 4.69) is 15.9 Å². The maximum Gasteiger partial charge on any atom is 0.335 e. The highest BCUT2D eigenvalue weighted by molar-refractivity contribution is 9.10. The van der Waals surface area contributed by atoms with Gasteiger partial charge in [0.1, 0.15) is 18.1 Å². The largest absolute Gasteiger partial charge is 0.497 e. The first kappa shape index (κ1) is 30.2. The highest BCUT2D eigenvalue weighted by Crippen LogP contribution is 2.39. The molecule has 6 rings (SSSR count). The average molecular weight is 680 g/mol. The van der Waals surface area contributed by atoms with Gasteiger partial charge in [-0.25, -0.2) is 9.79 Å². The summed E-state index contributed by atoms with van der Waals surface area (Å²) in [6, 6.07) is 33.7. The Labute approximate surface area is 272 Å². The van der Waals surface area contributed by atoms with E-state index < -0.39 is 5.97 Å². The summed E-state index contributed by atoms with van der Waals surface area (Å²) < 4.78 is 12.6. The quantitative estimate of drug-likeness (QED) is 0.157. The Bertz CT molecular complexity index is 1940. The molecule has 1 N–H and O–H groups in total. The first-order valence-corrected chi connectivity index (χ1v) is 15.6. The molecule has 0 bridgehead atoms. The number of amidine groups is 1. The smallest absolute Gasteiger partial charge is 0.335 e. The number of thioether (sulfide) groups is 1. The second-order valence-corrected chi connectivity index (χ2v) is 12.1. The van der Waals surface area contributed by atoms with E-state index in [-0.39, 0.29) is 18.0 Å². The van der Waals surface area contributed by atoms with Gasteiger partial charge in [0, 0.05) is 10.0 Å². The number of carbonyl (C=O) groups is 2. The summed E-state index contributed by atoms with van der Waals surface area (Å²) in [7, 11) is 1.60. The summed E-state index contributed by atoms with van der Waals surface area (Å²) in [5.74, 6) is 0.154. The van der Waals surface area contributed by atoms with Crippen LogP contribution >= 0.6 is 27.7 Å². The van der Waals surface area contributed by atoms with Gasteiger partial charge in [-0.15, -0.1) is 0 Å². The van der Waals surface area contributed by atoms with Gasteiger partial charge in [-0.1, -0.05) is 70.5 Å². The third kappa shape index (κ3) is 6.95. The third-order valence-corrected chi connectivity index (χ3v) is 8.78. The van der Waals surface area contributed by atoms with Crippen LogP contribution in [-0.2, 0) is 17.9 Å². The van der Waals surface area contributed by atoms with Crippen LogP contribution in [0.1, 0.15) is 27.0 Å². The molecule has 0 unspecified atom stereocenters. The molecule has 0 aliphatic carbocycles. The zero-order chi connectivity index (χ0) is 31.3. The van der Waals surface area contributed by atoms with Crippen LogP contribution in [0.15, 0.2) is 124 Å². The first-order valence-electron chi connectivity index (χ1n) is 14.0. The standard InChI is InChI=1S/C36H27BrN2O5S/c1-43-29-17-15-28(16-18-29)38-36-39(21-23-6-10-26(11-7-23)35(41)42)34(40)33(45-36)20-31-30-5-3-2-4-25(30)12-19-32(31)44-22-24-8-13-27(37)14-9-24/h2-20H,21-22H2,1H3,(H,41,42)/b33-20-,38-36?. The molecule has 1 fully saturated rings. The molecular formula is C36H27BrN2O5S. The van der Waals surface area contributed by atoms with E-state index in [0.717, 1.165) is 31.9 Å². The van der Waals surface area contributed by atoms with Crippen LogP contribution in [0.5, 0.6) is 11.5 Å². The first-order chi connectivity index (χ1) is 21.9. The van der Waals surface area contributed by atoms with Gasteiger partial charge in [-0.2, -0.15) is 0 Å². The van der Waals surface area contributed by atoms with Crippen LogP contribution in [0.2, 0.25) is 0 Å². The lowest BCUT2D eigenvalue weighted by molar-refractivity contribution is -0.122. The van der Waals surface area contributed by atoms with Gasteiger partial charge in [0.2, 0.25) is 0 Å². The van der Waals surface area contributed by atoms with Gasteiger partial charge in [-0.3, -0.25) is 9.69 Å². The van der Waals surface area contributed by atoms with Crippen molar-refractivity contribution in [3.8, 4) is 11.5 Å². The van der Waals surface area contributed by atoms with E-state index in [1.165, 1.54) is 23.9 Å². The predicted octanol–water partition coefficient (Wildman–Crippen LogP) is 8.69. The summed E-state index contributed by atoms with van der Waals surface area (Å²) in [6.07, 6.45) is 1.88. The molecule has 9 heteroatoms. The number of halogens is 1. The molecule has 0 spiro atoms. The molecule has 0 atom stereocenters. The Morgan fingerprint density at radius 1 is 0.911 bits per heavy atom. The van der Waals surface area contributed by atoms with E-state index in [1.807, 2.05) is 91.0 Å². The fourth-order valence-corrected chi connectivity index (χ4v) is 6.10. The monoisotopic (exact) mass is 678 g/mol. The van der Waals surface area contributed by atoms with Crippen molar-refractivity contribution < 1.29 is 24.2 Å². The number of rotatable bonds is 9. The van der Waals surface area contributed by atoms with Crippen molar-refractivity contribution in [3.05, 3.63) is 141 Å². The molecule has 0 aromatic heterocycles. The number of aliphatic imine (C=N–C) groups is 1. The number of hydrogen-bond donors (Lipinski definition) is 1. The van der Waals surface area contributed by atoms with Gasteiger partial charge in [0.05, 0.1) is 29.8 Å². The Balaban J connectivity index is 1.38. The normalized spacial score (nSPS) is 14.8. The Morgan fingerprint density at radius 2 is 1.62 bits per heavy atom. The van der Waals surface area contributed by atoms with Gasteiger partial charge in [0.25, 0.3) is 5.91 Å². The van der Waals surface area contributed by atoms with Crippen molar-refractivity contribution in [2.75, 3.05) is 7.11 Å². The Hall–Kier alpha value is -4.86. The second kappa shape index (κ2) is 13.4. The minimum Gasteiger partial charge on any atom is -0.497 e. The second-order valence-electron chi connectivity index (χ2n) is 10.2. The minimum atomic E-state index is -1.01. The summed E-state index contributed by atoms with van der Waals surface area (Å²) in [4.78, 5) is 32.4. The fourth-order valence-electron chi connectivity index (χ4n) is 4.86. The van der Waals surface area contributed by atoms with Crippen LogP contribution < -0.4 is 9.47 Å². The number of carboxylic acid groups (broad SMARTS) is 1. The predicted molar refractivity (Wildman–Crippen MR) is 182 cm³/mol. The summed E-state index contributed by atoms with van der Waals surface area (Å²) >= 11 is 4.76. The topological polar surface area (TPSA) is 88.4 Å². The van der Waals surface area contributed by atoms with Crippen LogP contribution in [0.4, 0.5) is 5.69 Å². The Morgan fingerprint density at radius 3 is 2.33 bits per heavy atom. The van der Waals surface area contributed by atoms with Gasteiger partial charge in [0.15, 0.2) is 5.17 Å². The zero-order valence-electron chi connectivity index (χ0n) is 24.1. The molecule has 1 saturated heterocycles. The number of aromatic carboxylic acids is 1. The van der Waals surface area contributed by atoms with E-state index in [1.54, 1.807) is 24.1 Å². The number of methoxy groups -OCH3 is 1. The lowest BCUT2D eigenvalue weighted by atomic mass is 10.0. The molecule has 0 saturated carbocycles. The molecular weight excluding hydrogens is 652 g/mol. The SMILES string of the molecule is COc1ccc(N=C2S/C(=C\c3c(OCc4ccc(Br)cc4)ccc4ccccc34)C(=O)N2Cc2ccc(C(=O)O)cc2)cc1. The number of benzene rings is 5.